The number of aromatic nitrogens is 2. The number of aryl methyl sites for hydroxylation is 1. The molecule has 0 unspecified atom stereocenters. The van der Waals surface area contributed by atoms with Gasteiger partial charge in [0, 0.05) is 11.3 Å². The number of carboxylic acid groups (broad SMARTS) is 1. The van der Waals surface area contributed by atoms with E-state index in [2.05, 4.69) is 9.38 Å². The number of fused-ring (bicyclic) bond motifs is 1. The topological polar surface area (TPSA) is 54.6 Å². The molecule has 0 aliphatic heterocycles. The van der Waals surface area contributed by atoms with Gasteiger partial charge in [0.05, 0.1) is 17.3 Å². The molecule has 4 heteroatoms. The number of pyridine rings is 1. The molecule has 0 saturated heterocycles. The Bertz CT molecular complexity index is 757. The zero-order valence-corrected chi connectivity index (χ0v) is 10.4. The van der Waals surface area contributed by atoms with Crippen molar-refractivity contribution < 1.29 is 9.90 Å². The molecular weight excluding hydrogens is 240 g/mol. The van der Waals surface area contributed by atoms with Gasteiger partial charge in [0.2, 0.25) is 0 Å². The van der Waals surface area contributed by atoms with Crippen molar-refractivity contribution in [3.63, 3.8) is 0 Å². The number of nitrogens with zero attached hydrogens (tertiary/aromatic N) is 2. The third-order valence-corrected chi connectivity index (χ3v) is 3.14. The van der Waals surface area contributed by atoms with Crippen molar-refractivity contribution in [2.75, 3.05) is 0 Å². The highest BCUT2D eigenvalue weighted by Gasteiger charge is 2.09. The van der Waals surface area contributed by atoms with Crippen LogP contribution in [0.3, 0.4) is 0 Å². The van der Waals surface area contributed by atoms with Gasteiger partial charge in [-0.25, -0.2) is 9.78 Å². The van der Waals surface area contributed by atoms with Crippen LogP contribution in [0, 0.1) is 6.92 Å². The Kier molecular flexibility index (Phi) is 2.56. The van der Waals surface area contributed by atoms with Crippen molar-refractivity contribution in [1.82, 2.24) is 9.38 Å². The van der Waals surface area contributed by atoms with Crippen molar-refractivity contribution in [2.45, 2.75) is 6.92 Å². The number of aromatic carboxylic acids is 1. The van der Waals surface area contributed by atoms with E-state index in [1.54, 1.807) is 24.3 Å². The van der Waals surface area contributed by atoms with Crippen molar-refractivity contribution >= 4 is 11.5 Å². The first kappa shape index (κ1) is 11.5. The van der Waals surface area contributed by atoms with Gasteiger partial charge >= 0.3 is 5.97 Å². The molecule has 1 aromatic carbocycles. The standard InChI is InChI=1S/C15H12N2O2/c1-10-3-2-4-13-9-16-14(17(10)13)11-5-7-12(8-6-11)15(18)19/h2-9H,1H3,(H,18,19). The Morgan fingerprint density at radius 3 is 2.58 bits per heavy atom. The lowest BCUT2D eigenvalue weighted by Crippen LogP contribution is -1.97. The quantitative estimate of drug-likeness (QED) is 0.762. The van der Waals surface area contributed by atoms with Crippen LogP contribution in [-0.2, 0) is 0 Å². The molecule has 3 aromatic rings. The summed E-state index contributed by atoms with van der Waals surface area (Å²) in [6.45, 7) is 2.02. The lowest BCUT2D eigenvalue weighted by molar-refractivity contribution is 0.0697. The molecule has 0 saturated carbocycles. The number of imidazole rings is 1. The summed E-state index contributed by atoms with van der Waals surface area (Å²) in [5.74, 6) is -0.0965. The first-order chi connectivity index (χ1) is 9.16. The smallest absolute Gasteiger partial charge is 0.335 e. The fourth-order valence-corrected chi connectivity index (χ4v) is 2.18. The average molecular weight is 252 g/mol. The highest BCUT2D eigenvalue weighted by atomic mass is 16.4. The minimum atomic E-state index is -0.921. The van der Waals surface area contributed by atoms with E-state index in [-0.39, 0.29) is 5.56 Å². The highest BCUT2D eigenvalue weighted by Crippen LogP contribution is 2.21. The van der Waals surface area contributed by atoms with Crippen molar-refractivity contribution in [3.8, 4) is 11.4 Å². The van der Waals surface area contributed by atoms with Gasteiger partial charge in [-0.15, -0.1) is 0 Å². The number of rotatable bonds is 2. The Labute approximate surface area is 110 Å². The van der Waals surface area contributed by atoms with Crippen LogP contribution in [0.1, 0.15) is 16.1 Å². The molecule has 0 aliphatic carbocycles. The molecule has 94 valence electrons. The molecule has 0 atom stereocenters. The van der Waals surface area contributed by atoms with Crippen molar-refractivity contribution in [3.05, 3.63) is 59.9 Å². The number of hydrogen-bond donors (Lipinski definition) is 1. The second kappa shape index (κ2) is 4.24. The number of benzene rings is 1. The molecule has 0 fully saturated rings. The largest absolute Gasteiger partial charge is 0.478 e. The number of carboxylic acids is 1. The van der Waals surface area contributed by atoms with Gasteiger partial charge in [-0.1, -0.05) is 18.2 Å². The second-order valence-corrected chi connectivity index (χ2v) is 4.39. The lowest BCUT2D eigenvalue weighted by atomic mass is 10.1. The summed E-state index contributed by atoms with van der Waals surface area (Å²) in [5, 5.41) is 8.90. The molecule has 4 nitrogen and oxygen atoms in total. The maximum Gasteiger partial charge on any atom is 0.335 e. The van der Waals surface area contributed by atoms with E-state index in [0.717, 1.165) is 22.6 Å². The van der Waals surface area contributed by atoms with Gasteiger partial charge in [-0.05, 0) is 31.2 Å². The first-order valence-electron chi connectivity index (χ1n) is 5.93. The SMILES string of the molecule is Cc1cccc2cnc(-c3ccc(C(=O)O)cc3)n12. The van der Waals surface area contributed by atoms with E-state index >= 15 is 0 Å². The predicted molar refractivity (Wildman–Crippen MR) is 72.3 cm³/mol. The third kappa shape index (κ3) is 1.87. The normalized spacial score (nSPS) is 10.8. The molecule has 0 amide bonds. The molecule has 2 heterocycles. The van der Waals surface area contributed by atoms with Gasteiger partial charge in [0.1, 0.15) is 5.82 Å². The Morgan fingerprint density at radius 2 is 1.89 bits per heavy atom. The summed E-state index contributed by atoms with van der Waals surface area (Å²) >= 11 is 0. The maximum atomic E-state index is 10.8. The van der Waals surface area contributed by atoms with Crippen LogP contribution in [0.15, 0.2) is 48.7 Å². The van der Waals surface area contributed by atoms with Crippen LogP contribution in [0.2, 0.25) is 0 Å². The molecule has 1 N–H and O–H groups in total. The third-order valence-electron chi connectivity index (χ3n) is 3.14. The van der Waals surface area contributed by atoms with Gasteiger partial charge in [0.25, 0.3) is 0 Å². The maximum absolute atomic E-state index is 10.8. The van der Waals surface area contributed by atoms with E-state index < -0.39 is 5.97 Å². The summed E-state index contributed by atoms with van der Waals surface area (Å²) in [6.07, 6.45) is 1.81. The summed E-state index contributed by atoms with van der Waals surface area (Å²) in [6, 6.07) is 12.8. The molecule has 3 rings (SSSR count). The van der Waals surface area contributed by atoms with Crippen LogP contribution >= 0.6 is 0 Å². The average Bonchev–Trinajstić information content (AvgIpc) is 2.84. The molecule has 2 aromatic heterocycles. The van der Waals surface area contributed by atoms with Gasteiger partial charge in [-0.3, -0.25) is 4.40 Å². The minimum absolute atomic E-state index is 0.279. The first-order valence-corrected chi connectivity index (χ1v) is 5.93. The number of carbonyl (C=O) groups is 1. The predicted octanol–water partition coefficient (Wildman–Crippen LogP) is 3.01. The van der Waals surface area contributed by atoms with Crippen molar-refractivity contribution in [2.24, 2.45) is 0 Å². The van der Waals surface area contributed by atoms with Crippen molar-refractivity contribution in [1.29, 1.82) is 0 Å². The van der Waals surface area contributed by atoms with Crippen LogP contribution < -0.4 is 0 Å². The van der Waals surface area contributed by atoms with Gasteiger partial charge in [-0.2, -0.15) is 0 Å². The molecule has 0 spiro atoms. The number of hydrogen-bond acceptors (Lipinski definition) is 2. The fraction of sp³-hybridized carbons (Fsp3) is 0.0667. The zero-order valence-electron chi connectivity index (χ0n) is 10.4. The lowest BCUT2D eigenvalue weighted by Gasteiger charge is -2.05. The Balaban J connectivity index is 2.16. The van der Waals surface area contributed by atoms with Crippen LogP contribution in [-0.4, -0.2) is 20.5 Å². The van der Waals surface area contributed by atoms with E-state index in [1.807, 2.05) is 31.3 Å². The molecule has 0 bridgehead atoms. The second-order valence-electron chi connectivity index (χ2n) is 4.39. The molecule has 19 heavy (non-hydrogen) atoms. The molecular formula is C15H12N2O2. The van der Waals surface area contributed by atoms with Crippen LogP contribution in [0.5, 0.6) is 0 Å². The van der Waals surface area contributed by atoms with E-state index in [1.165, 1.54) is 0 Å². The Hall–Kier alpha value is -2.62. The van der Waals surface area contributed by atoms with E-state index in [0.29, 0.717) is 0 Å². The summed E-state index contributed by atoms with van der Waals surface area (Å²) < 4.78 is 2.05. The van der Waals surface area contributed by atoms with E-state index in [4.69, 9.17) is 5.11 Å². The molecule has 0 aliphatic rings. The van der Waals surface area contributed by atoms with Gasteiger partial charge < -0.3 is 5.11 Å². The summed E-state index contributed by atoms with van der Waals surface area (Å²) in [5.41, 5.74) is 3.30. The van der Waals surface area contributed by atoms with Crippen LogP contribution in [0.25, 0.3) is 16.9 Å². The van der Waals surface area contributed by atoms with E-state index in [9.17, 15) is 4.79 Å². The summed E-state index contributed by atoms with van der Waals surface area (Å²) in [4.78, 5) is 15.3. The zero-order chi connectivity index (χ0) is 13.4. The highest BCUT2D eigenvalue weighted by molar-refractivity contribution is 5.88. The Morgan fingerprint density at radius 1 is 1.16 bits per heavy atom. The monoisotopic (exact) mass is 252 g/mol. The van der Waals surface area contributed by atoms with Crippen LogP contribution in [0.4, 0.5) is 0 Å². The van der Waals surface area contributed by atoms with Gasteiger partial charge in [0.15, 0.2) is 0 Å². The summed E-state index contributed by atoms with van der Waals surface area (Å²) in [7, 11) is 0. The molecule has 0 radical (unpaired) electrons. The minimum Gasteiger partial charge on any atom is -0.478 e. The fourth-order valence-electron chi connectivity index (χ4n) is 2.18.